The molecule has 0 spiro atoms. The number of fused-ring (bicyclic) bond motifs is 2. The van der Waals surface area contributed by atoms with E-state index in [0.717, 1.165) is 18.6 Å². The van der Waals surface area contributed by atoms with Gasteiger partial charge in [-0.05, 0) is 73.2 Å². The van der Waals surface area contributed by atoms with Crippen LogP contribution in [0.15, 0.2) is 54.9 Å². The molecule has 2 aromatic heterocycles. The minimum atomic E-state index is -2.87. The Balaban J connectivity index is 1.50. The van der Waals surface area contributed by atoms with Crippen molar-refractivity contribution in [2.24, 2.45) is 0 Å². The highest BCUT2D eigenvalue weighted by molar-refractivity contribution is 5.61. The third-order valence-electron chi connectivity index (χ3n) is 5.16. The summed E-state index contributed by atoms with van der Waals surface area (Å²) in [4.78, 5) is 4.20. The fourth-order valence-corrected chi connectivity index (χ4v) is 3.76. The second kappa shape index (κ2) is 7.70. The third-order valence-corrected chi connectivity index (χ3v) is 5.16. The van der Waals surface area contributed by atoms with Crippen molar-refractivity contribution in [3.05, 3.63) is 66.0 Å². The summed E-state index contributed by atoms with van der Waals surface area (Å²) in [7, 11) is 0. The molecule has 4 aromatic rings. The SMILES string of the molecule is FC(F)Oc1ccc(-c2nnc3cncc(Oc4ccc5c(c4)CCCC5)n23)cc1. The van der Waals surface area contributed by atoms with Crippen molar-refractivity contribution in [3.8, 4) is 28.8 Å². The van der Waals surface area contributed by atoms with Gasteiger partial charge in [0.25, 0.3) is 0 Å². The molecule has 2 aromatic carbocycles. The molecule has 8 heteroatoms. The van der Waals surface area contributed by atoms with Gasteiger partial charge in [0.2, 0.25) is 5.88 Å². The summed E-state index contributed by atoms with van der Waals surface area (Å²) in [6.07, 6.45) is 7.77. The monoisotopic (exact) mass is 408 g/mol. The molecule has 2 heterocycles. The van der Waals surface area contributed by atoms with Crippen LogP contribution in [0, 0.1) is 0 Å². The van der Waals surface area contributed by atoms with Crippen LogP contribution < -0.4 is 9.47 Å². The Kier molecular flexibility index (Phi) is 4.74. The molecule has 0 N–H and O–H groups in total. The molecule has 0 radical (unpaired) electrons. The van der Waals surface area contributed by atoms with Crippen molar-refractivity contribution in [3.63, 3.8) is 0 Å². The average Bonchev–Trinajstić information content (AvgIpc) is 3.19. The molecular formula is C22H18F2N4O2. The zero-order chi connectivity index (χ0) is 20.5. The number of alkyl halides is 2. The Morgan fingerprint density at radius 2 is 1.63 bits per heavy atom. The summed E-state index contributed by atoms with van der Waals surface area (Å²) in [5.74, 6) is 1.79. The molecule has 1 aliphatic rings. The molecule has 0 unspecified atom stereocenters. The van der Waals surface area contributed by atoms with E-state index < -0.39 is 6.61 Å². The predicted molar refractivity (Wildman–Crippen MR) is 106 cm³/mol. The molecular weight excluding hydrogens is 390 g/mol. The normalized spacial score (nSPS) is 13.4. The lowest BCUT2D eigenvalue weighted by Crippen LogP contribution is -2.03. The Labute approximate surface area is 171 Å². The zero-order valence-electron chi connectivity index (χ0n) is 16.0. The van der Waals surface area contributed by atoms with Crippen LogP contribution in [0.4, 0.5) is 8.78 Å². The first kappa shape index (κ1) is 18.5. The van der Waals surface area contributed by atoms with Crippen LogP contribution in [0.1, 0.15) is 24.0 Å². The van der Waals surface area contributed by atoms with E-state index in [2.05, 4.69) is 32.1 Å². The number of halogens is 2. The molecule has 30 heavy (non-hydrogen) atoms. The van der Waals surface area contributed by atoms with E-state index in [1.807, 2.05) is 6.07 Å². The van der Waals surface area contributed by atoms with E-state index in [0.29, 0.717) is 22.9 Å². The van der Waals surface area contributed by atoms with Crippen molar-refractivity contribution in [2.75, 3.05) is 0 Å². The first-order chi connectivity index (χ1) is 14.7. The summed E-state index contributed by atoms with van der Waals surface area (Å²) in [6.45, 7) is -2.87. The maximum Gasteiger partial charge on any atom is 0.387 e. The van der Waals surface area contributed by atoms with Gasteiger partial charge in [-0.2, -0.15) is 8.78 Å². The van der Waals surface area contributed by atoms with Crippen molar-refractivity contribution < 1.29 is 18.3 Å². The van der Waals surface area contributed by atoms with Crippen LogP contribution in [0.3, 0.4) is 0 Å². The number of rotatable bonds is 5. The number of nitrogens with zero attached hydrogens (tertiary/aromatic N) is 4. The number of benzene rings is 2. The minimum absolute atomic E-state index is 0.0785. The standard InChI is InChI=1S/C22H18F2N4O2/c23-22(24)30-17-8-6-15(7-9-17)21-27-26-19-12-25-13-20(28(19)21)29-18-10-5-14-3-1-2-4-16(14)11-18/h5-13,22H,1-4H2. The molecule has 0 bridgehead atoms. The van der Waals surface area contributed by atoms with Gasteiger partial charge < -0.3 is 9.47 Å². The highest BCUT2D eigenvalue weighted by Crippen LogP contribution is 2.30. The maximum absolute atomic E-state index is 12.4. The van der Waals surface area contributed by atoms with Crippen LogP contribution in [-0.4, -0.2) is 26.2 Å². The molecule has 1 aliphatic carbocycles. The Morgan fingerprint density at radius 3 is 2.43 bits per heavy atom. The van der Waals surface area contributed by atoms with Crippen LogP contribution in [0.5, 0.6) is 17.4 Å². The number of aryl methyl sites for hydroxylation is 2. The van der Waals surface area contributed by atoms with Gasteiger partial charge >= 0.3 is 6.61 Å². The molecule has 0 saturated heterocycles. The van der Waals surface area contributed by atoms with Gasteiger partial charge in [-0.25, -0.2) is 4.40 Å². The van der Waals surface area contributed by atoms with Gasteiger partial charge in [0, 0.05) is 5.56 Å². The van der Waals surface area contributed by atoms with Gasteiger partial charge in [-0.1, -0.05) is 6.07 Å². The molecule has 152 valence electrons. The van der Waals surface area contributed by atoms with Gasteiger partial charge in [-0.15, -0.1) is 10.2 Å². The van der Waals surface area contributed by atoms with E-state index in [9.17, 15) is 8.78 Å². The molecule has 0 saturated carbocycles. The van der Waals surface area contributed by atoms with Crippen molar-refractivity contribution in [1.82, 2.24) is 19.6 Å². The Bertz CT molecular complexity index is 1190. The van der Waals surface area contributed by atoms with Crippen molar-refractivity contribution >= 4 is 5.65 Å². The van der Waals surface area contributed by atoms with E-state index >= 15 is 0 Å². The zero-order valence-corrected chi connectivity index (χ0v) is 16.0. The number of hydrogen-bond acceptors (Lipinski definition) is 5. The quantitative estimate of drug-likeness (QED) is 0.462. The number of ether oxygens (including phenoxy) is 2. The topological polar surface area (TPSA) is 61.5 Å². The first-order valence-corrected chi connectivity index (χ1v) is 9.71. The van der Waals surface area contributed by atoms with E-state index in [1.54, 1.807) is 28.9 Å². The molecule has 0 atom stereocenters. The average molecular weight is 408 g/mol. The number of aromatic nitrogens is 4. The summed E-state index contributed by atoms with van der Waals surface area (Å²) >= 11 is 0. The summed E-state index contributed by atoms with van der Waals surface area (Å²) < 4.78 is 37.1. The Morgan fingerprint density at radius 1 is 0.867 bits per heavy atom. The van der Waals surface area contributed by atoms with Crippen molar-refractivity contribution in [2.45, 2.75) is 32.3 Å². The molecule has 0 amide bonds. The smallest absolute Gasteiger partial charge is 0.387 e. The lowest BCUT2D eigenvalue weighted by Gasteiger charge is -2.17. The fraction of sp³-hybridized carbons (Fsp3) is 0.227. The fourth-order valence-electron chi connectivity index (χ4n) is 3.76. The van der Waals surface area contributed by atoms with Gasteiger partial charge in [0.05, 0.1) is 12.4 Å². The van der Waals surface area contributed by atoms with E-state index in [1.165, 1.54) is 36.1 Å². The Hall–Kier alpha value is -3.55. The number of hydrogen-bond donors (Lipinski definition) is 0. The van der Waals surface area contributed by atoms with Crippen LogP contribution in [0.2, 0.25) is 0 Å². The molecule has 0 aliphatic heterocycles. The second-order valence-corrected chi connectivity index (χ2v) is 7.11. The lowest BCUT2D eigenvalue weighted by molar-refractivity contribution is -0.0498. The van der Waals surface area contributed by atoms with Crippen LogP contribution in [-0.2, 0) is 12.8 Å². The van der Waals surface area contributed by atoms with Gasteiger partial charge in [0.15, 0.2) is 11.5 Å². The first-order valence-electron chi connectivity index (χ1n) is 9.71. The highest BCUT2D eigenvalue weighted by Gasteiger charge is 2.16. The molecule has 6 nitrogen and oxygen atoms in total. The predicted octanol–water partition coefficient (Wildman–Crippen LogP) is 5.06. The van der Waals surface area contributed by atoms with Crippen LogP contribution in [0.25, 0.3) is 17.0 Å². The van der Waals surface area contributed by atoms with Gasteiger partial charge in [0.1, 0.15) is 11.5 Å². The second-order valence-electron chi connectivity index (χ2n) is 7.11. The largest absolute Gasteiger partial charge is 0.439 e. The van der Waals surface area contributed by atoms with E-state index in [4.69, 9.17) is 4.74 Å². The maximum atomic E-state index is 12.4. The summed E-state index contributed by atoms with van der Waals surface area (Å²) in [5, 5.41) is 8.39. The van der Waals surface area contributed by atoms with Gasteiger partial charge in [-0.3, -0.25) is 4.98 Å². The van der Waals surface area contributed by atoms with E-state index in [-0.39, 0.29) is 5.75 Å². The van der Waals surface area contributed by atoms with Crippen LogP contribution >= 0.6 is 0 Å². The van der Waals surface area contributed by atoms with Crippen molar-refractivity contribution in [1.29, 1.82) is 0 Å². The summed E-state index contributed by atoms with van der Waals surface area (Å²) in [5.41, 5.74) is 3.90. The minimum Gasteiger partial charge on any atom is -0.439 e. The highest BCUT2D eigenvalue weighted by atomic mass is 19.3. The summed E-state index contributed by atoms with van der Waals surface area (Å²) in [6, 6.07) is 12.4. The molecule has 0 fully saturated rings. The third kappa shape index (κ3) is 3.56. The lowest BCUT2D eigenvalue weighted by atomic mass is 9.92. The molecule has 5 rings (SSSR count).